The number of rotatable bonds is 7. The van der Waals surface area contributed by atoms with Gasteiger partial charge in [-0.25, -0.2) is 0 Å². The van der Waals surface area contributed by atoms with Crippen LogP contribution in [0.4, 0.5) is 5.69 Å². The van der Waals surface area contributed by atoms with Crippen LogP contribution in [-0.2, 0) is 16.1 Å². The zero-order valence-electron chi connectivity index (χ0n) is 12.7. The van der Waals surface area contributed by atoms with Crippen molar-refractivity contribution in [2.75, 3.05) is 18.9 Å². The van der Waals surface area contributed by atoms with Crippen molar-refractivity contribution in [2.24, 2.45) is 5.92 Å². The Labute approximate surface area is 132 Å². The molecule has 0 saturated heterocycles. The highest BCUT2D eigenvalue weighted by Crippen LogP contribution is 2.10. The van der Waals surface area contributed by atoms with Crippen molar-refractivity contribution in [2.45, 2.75) is 26.8 Å². The Morgan fingerprint density at radius 3 is 2.29 bits per heavy atom. The lowest BCUT2D eigenvalue weighted by molar-refractivity contribution is -0.121. The standard InChI is InChI=1S/C15H23N3O2.ClH/c1-11(2)15(20)18-13-6-4-12(5-7-13)10-17-14(19)8-9-16-3;/h4-7,11,16H,8-10H2,1-3H3,(H,17,19)(H,18,20);1H. The molecule has 0 unspecified atom stereocenters. The molecule has 1 rings (SSSR count). The van der Waals surface area contributed by atoms with Crippen LogP contribution in [0.1, 0.15) is 25.8 Å². The molecule has 0 fully saturated rings. The Morgan fingerprint density at radius 1 is 1.14 bits per heavy atom. The molecule has 0 spiro atoms. The summed E-state index contributed by atoms with van der Waals surface area (Å²) in [7, 11) is 1.82. The molecule has 0 saturated carbocycles. The van der Waals surface area contributed by atoms with Gasteiger partial charge in [0.2, 0.25) is 11.8 Å². The SMILES string of the molecule is CNCCC(=O)NCc1ccc(NC(=O)C(C)C)cc1.Cl. The number of anilines is 1. The summed E-state index contributed by atoms with van der Waals surface area (Å²) in [5, 5.41) is 8.60. The van der Waals surface area contributed by atoms with Gasteiger partial charge in [0, 0.05) is 31.1 Å². The molecule has 0 aliphatic rings. The molecule has 6 heteroatoms. The Balaban J connectivity index is 0.00000400. The van der Waals surface area contributed by atoms with E-state index in [9.17, 15) is 9.59 Å². The second kappa shape index (κ2) is 10.2. The zero-order chi connectivity index (χ0) is 15.0. The fraction of sp³-hybridized carbons (Fsp3) is 0.467. The Morgan fingerprint density at radius 2 is 1.76 bits per heavy atom. The molecule has 0 aliphatic carbocycles. The monoisotopic (exact) mass is 313 g/mol. The number of hydrogen-bond donors (Lipinski definition) is 3. The summed E-state index contributed by atoms with van der Waals surface area (Å²) >= 11 is 0. The highest BCUT2D eigenvalue weighted by molar-refractivity contribution is 5.92. The number of halogens is 1. The number of nitrogens with one attached hydrogen (secondary N) is 3. The van der Waals surface area contributed by atoms with E-state index < -0.39 is 0 Å². The van der Waals surface area contributed by atoms with Gasteiger partial charge < -0.3 is 16.0 Å². The van der Waals surface area contributed by atoms with Gasteiger partial charge >= 0.3 is 0 Å². The number of benzene rings is 1. The Hall–Kier alpha value is -1.59. The van der Waals surface area contributed by atoms with E-state index in [-0.39, 0.29) is 30.1 Å². The van der Waals surface area contributed by atoms with Crippen molar-refractivity contribution in [3.8, 4) is 0 Å². The lowest BCUT2D eigenvalue weighted by atomic mass is 10.1. The van der Waals surface area contributed by atoms with Crippen LogP contribution in [0.5, 0.6) is 0 Å². The molecule has 1 aromatic rings. The summed E-state index contributed by atoms with van der Waals surface area (Å²) in [5.41, 5.74) is 1.78. The van der Waals surface area contributed by atoms with Crippen molar-refractivity contribution in [3.63, 3.8) is 0 Å². The number of amides is 2. The van der Waals surface area contributed by atoms with Crippen LogP contribution >= 0.6 is 12.4 Å². The van der Waals surface area contributed by atoms with E-state index in [0.717, 1.165) is 11.3 Å². The smallest absolute Gasteiger partial charge is 0.226 e. The molecular formula is C15H24ClN3O2. The minimum absolute atomic E-state index is 0. The fourth-order valence-electron chi connectivity index (χ4n) is 1.52. The van der Waals surface area contributed by atoms with Crippen LogP contribution in [0.15, 0.2) is 24.3 Å². The zero-order valence-corrected chi connectivity index (χ0v) is 13.5. The first-order valence-electron chi connectivity index (χ1n) is 6.84. The van der Waals surface area contributed by atoms with Gasteiger partial charge in [-0.1, -0.05) is 26.0 Å². The molecule has 0 heterocycles. The summed E-state index contributed by atoms with van der Waals surface area (Å²) < 4.78 is 0. The molecule has 118 valence electrons. The molecule has 0 aromatic heterocycles. The third kappa shape index (κ3) is 7.68. The van der Waals surface area contributed by atoms with Gasteiger partial charge in [0.05, 0.1) is 0 Å². The van der Waals surface area contributed by atoms with Gasteiger partial charge in [0.1, 0.15) is 0 Å². The van der Waals surface area contributed by atoms with Crippen LogP contribution in [0.3, 0.4) is 0 Å². The predicted octanol–water partition coefficient (Wildman–Crippen LogP) is 1.93. The van der Waals surface area contributed by atoms with Crippen LogP contribution in [0, 0.1) is 5.92 Å². The minimum Gasteiger partial charge on any atom is -0.352 e. The summed E-state index contributed by atoms with van der Waals surface area (Å²) in [6, 6.07) is 7.48. The maximum absolute atomic E-state index is 11.5. The predicted molar refractivity (Wildman–Crippen MR) is 87.5 cm³/mol. The quantitative estimate of drug-likeness (QED) is 0.720. The van der Waals surface area contributed by atoms with E-state index in [1.807, 2.05) is 45.2 Å². The van der Waals surface area contributed by atoms with Gasteiger partial charge in [0.15, 0.2) is 0 Å². The topological polar surface area (TPSA) is 70.2 Å². The average molecular weight is 314 g/mol. The number of hydrogen-bond acceptors (Lipinski definition) is 3. The Bertz CT molecular complexity index is 447. The summed E-state index contributed by atoms with van der Waals surface area (Å²) in [4.78, 5) is 23.0. The molecule has 0 bridgehead atoms. The number of carbonyl (C=O) groups is 2. The van der Waals surface area contributed by atoms with Crippen LogP contribution in [0.2, 0.25) is 0 Å². The molecule has 2 amide bonds. The molecule has 5 nitrogen and oxygen atoms in total. The van der Waals surface area contributed by atoms with Crippen molar-refractivity contribution in [1.29, 1.82) is 0 Å². The molecule has 1 aromatic carbocycles. The van der Waals surface area contributed by atoms with E-state index in [4.69, 9.17) is 0 Å². The lowest BCUT2D eigenvalue weighted by Gasteiger charge is -2.09. The third-order valence-corrected chi connectivity index (χ3v) is 2.84. The summed E-state index contributed by atoms with van der Waals surface area (Å²) in [6.45, 7) is 4.88. The molecule has 3 N–H and O–H groups in total. The molecule has 21 heavy (non-hydrogen) atoms. The van der Waals surface area contributed by atoms with Gasteiger partial charge in [-0.2, -0.15) is 0 Å². The van der Waals surface area contributed by atoms with Gasteiger partial charge in [-0.3, -0.25) is 9.59 Å². The van der Waals surface area contributed by atoms with E-state index in [0.29, 0.717) is 19.5 Å². The van der Waals surface area contributed by atoms with Crippen LogP contribution < -0.4 is 16.0 Å². The van der Waals surface area contributed by atoms with E-state index in [1.54, 1.807) is 0 Å². The normalized spacial score (nSPS) is 9.90. The molecule has 0 aliphatic heterocycles. The van der Waals surface area contributed by atoms with Crippen LogP contribution in [0.25, 0.3) is 0 Å². The third-order valence-electron chi connectivity index (χ3n) is 2.84. The van der Waals surface area contributed by atoms with Crippen molar-refractivity contribution < 1.29 is 9.59 Å². The van der Waals surface area contributed by atoms with E-state index in [1.165, 1.54) is 0 Å². The molecule has 0 radical (unpaired) electrons. The fourth-order valence-corrected chi connectivity index (χ4v) is 1.52. The highest BCUT2D eigenvalue weighted by atomic mass is 35.5. The van der Waals surface area contributed by atoms with Gasteiger partial charge in [-0.15, -0.1) is 12.4 Å². The highest BCUT2D eigenvalue weighted by Gasteiger charge is 2.06. The number of carbonyl (C=O) groups excluding carboxylic acids is 2. The maximum atomic E-state index is 11.5. The maximum Gasteiger partial charge on any atom is 0.226 e. The van der Waals surface area contributed by atoms with E-state index >= 15 is 0 Å². The second-order valence-corrected chi connectivity index (χ2v) is 4.97. The lowest BCUT2D eigenvalue weighted by Crippen LogP contribution is -2.26. The first-order chi connectivity index (χ1) is 9.52. The largest absolute Gasteiger partial charge is 0.352 e. The molecule has 0 atom stereocenters. The summed E-state index contributed by atoms with van der Waals surface area (Å²) in [6.07, 6.45) is 0.471. The minimum atomic E-state index is -0.0406. The first kappa shape index (κ1) is 19.4. The van der Waals surface area contributed by atoms with Gasteiger partial charge in [-0.05, 0) is 24.7 Å². The molecular weight excluding hydrogens is 290 g/mol. The first-order valence-corrected chi connectivity index (χ1v) is 6.84. The van der Waals surface area contributed by atoms with Crippen molar-refractivity contribution >= 4 is 29.9 Å². The summed E-state index contributed by atoms with van der Waals surface area (Å²) in [5.74, 6) is -0.0178. The second-order valence-electron chi connectivity index (χ2n) is 4.97. The Kier molecular flexibility index (Phi) is 9.41. The van der Waals surface area contributed by atoms with Crippen molar-refractivity contribution in [3.05, 3.63) is 29.8 Å². The van der Waals surface area contributed by atoms with E-state index in [2.05, 4.69) is 16.0 Å². The van der Waals surface area contributed by atoms with Gasteiger partial charge in [0.25, 0.3) is 0 Å². The van der Waals surface area contributed by atoms with Crippen LogP contribution in [-0.4, -0.2) is 25.4 Å². The average Bonchev–Trinajstić information content (AvgIpc) is 2.44. The van der Waals surface area contributed by atoms with Crippen molar-refractivity contribution in [1.82, 2.24) is 10.6 Å².